The van der Waals surface area contributed by atoms with Crippen molar-refractivity contribution < 1.29 is 18.7 Å². The van der Waals surface area contributed by atoms with E-state index in [-0.39, 0.29) is 5.56 Å². The van der Waals surface area contributed by atoms with Crippen LogP contribution < -0.4 is 5.32 Å². The number of rotatable bonds is 4. The largest absolute Gasteiger partial charge is 0.394 e. The predicted octanol–water partition coefficient (Wildman–Crippen LogP) is 2.43. The number of aliphatic hydroxyl groups excluding tert-OH is 1. The lowest BCUT2D eigenvalue weighted by Crippen LogP contribution is -2.31. The third-order valence-electron chi connectivity index (χ3n) is 2.86. The summed E-state index contributed by atoms with van der Waals surface area (Å²) in [6, 6.07) is 10.2. The maximum absolute atomic E-state index is 13.5. The summed E-state index contributed by atoms with van der Waals surface area (Å²) in [5, 5.41) is 11.8. The number of hydrogen-bond acceptors (Lipinski definition) is 2. The molecule has 104 valence electrons. The van der Waals surface area contributed by atoms with Crippen LogP contribution in [-0.4, -0.2) is 17.6 Å². The van der Waals surface area contributed by atoms with Gasteiger partial charge in [0.05, 0.1) is 18.2 Å². The SMILES string of the molecule is O=C(NC(CO)c1cccc(F)c1)c1ccccc1F. The second kappa shape index (κ2) is 6.25. The minimum Gasteiger partial charge on any atom is -0.394 e. The Morgan fingerprint density at radius 2 is 1.90 bits per heavy atom. The Hall–Kier alpha value is -2.27. The summed E-state index contributed by atoms with van der Waals surface area (Å²) in [5.41, 5.74) is 0.291. The van der Waals surface area contributed by atoms with Crippen LogP contribution in [-0.2, 0) is 0 Å². The molecule has 0 aliphatic carbocycles. The number of benzene rings is 2. The molecule has 2 aromatic rings. The topological polar surface area (TPSA) is 49.3 Å². The minimum absolute atomic E-state index is 0.123. The first-order chi connectivity index (χ1) is 9.61. The van der Waals surface area contributed by atoms with Crippen molar-refractivity contribution in [3.05, 3.63) is 71.3 Å². The van der Waals surface area contributed by atoms with Gasteiger partial charge in [0.2, 0.25) is 0 Å². The Labute approximate surface area is 114 Å². The molecule has 0 bridgehead atoms. The van der Waals surface area contributed by atoms with Crippen molar-refractivity contribution in [1.82, 2.24) is 5.32 Å². The van der Waals surface area contributed by atoms with E-state index in [1.807, 2.05) is 0 Å². The number of carbonyl (C=O) groups is 1. The Morgan fingerprint density at radius 1 is 1.15 bits per heavy atom. The highest BCUT2D eigenvalue weighted by atomic mass is 19.1. The van der Waals surface area contributed by atoms with Crippen LogP contribution in [0, 0.1) is 11.6 Å². The molecule has 0 aliphatic heterocycles. The van der Waals surface area contributed by atoms with E-state index in [1.54, 1.807) is 6.07 Å². The second-order valence-corrected chi connectivity index (χ2v) is 4.24. The van der Waals surface area contributed by atoms with Crippen LogP contribution in [0.25, 0.3) is 0 Å². The first kappa shape index (κ1) is 14.1. The summed E-state index contributed by atoms with van der Waals surface area (Å²) in [6.45, 7) is -0.413. The molecule has 20 heavy (non-hydrogen) atoms. The molecule has 0 radical (unpaired) electrons. The number of carbonyl (C=O) groups excluding carboxylic acids is 1. The number of hydrogen-bond donors (Lipinski definition) is 2. The van der Waals surface area contributed by atoms with Crippen LogP contribution in [0.3, 0.4) is 0 Å². The molecule has 0 heterocycles. The van der Waals surface area contributed by atoms with Crippen LogP contribution >= 0.6 is 0 Å². The third-order valence-corrected chi connectivity index (χ3v) is 2.86. The highest BCUT2D eigenvalue weighted by Crippen LogP contribution is 2.15. The van der Waals surface area contributed by atoms with Gasteiger partial charge < -0.3 is 10.4 Å². The first-order valence-corrected chi connectivity index (χ1v) is 6.03. The summed E-state index contributed by atoms with van der Waals surface area (Å²) >= 11 is 0. The van der Waals surface area contributed by atoms with E-state index in [1.165, 1.54) is 42.5 Å². The fraction of sp³-hybridized carbons (Fsp3) is 0.133. The van der Waals surface area contributed by atoms with Crippen molar-refractivity contribution in [2.45, 2.75) is 6.04 Å². The van der Waals surface area contributed by atoms with Gasteiger partial charge in [-0.3, -0.25) is 4.79 Å². The predicted molar refractivity (Wildman–Crippen MR) is 70.1 cm³/mol. The molecule has 1 unspecified atom stereocenters. The maximum atomic E-state index is 13.5. The molecule has 0 aromatic heterocycles. The molecule has 5 heteroatoms. The van der Waals surface area contributed by atoms with Crippen LogP contribution in [0.5, 0.6) is 0 Å². The molecule has 0 saturated carbocycles. The zero-order chi connectivity index (χ0) is 14.5. The quantitative estimate of drug-likeness (QED) is 0.901. The van der Waals surface area contributed by atoms with Gasteiger partial charge in [0, 0.05) is 0 Å². The van der Waals surface area contributed by atoms with Gasteiger partial charge in [-0.15, -0.1) is 0 Å². The van der Waals surface area contributed by atoms with Crippen LogP contribution in [0.4, 0.5) is 8.78 Å². The zero-order valence-electron chi connectivity index (χ0n) is 10.5. The smallest absolute Gasteiger partial charge is 0.254 e. The normalized spacial score (nSPS) is 11.9. The second-order valence-electron chi connectivity index (χ2n) is 4.24. The average molecular weight is 277 g/mol. The van der Waals surface area contributed by atoms with E-state index in [0.717, 1.165) is 0 Å². The number of nitrogens with one attached hydrogen (secondary N) is 1. The lowest BCUT2D eigenvalue weighted by molar-refractivity contribution is 0.0912. The van der Waals surface area contributed by atoms with Crippen molar-refractivity contribution in [3.8, 4) is 0 Å². The van der Waals surface area contributed by atoms with Gasteiger partial charge in [0.25, 0.3) is 5.91 Å². The van der Waals surface area contributed by atoms with E-state index in [9.17, 15) is 18.7 Å². The first-order valence-electron chi connectivity index (χ1n) is 6.03. The molecule has 0 aliphatic rings. The molecule has 0 fully saturated rings. The lowest BCUT2D eigenvalue weighted by atomic mass is 10.1. The summed E-state index contributed by atoms with van der Waals surface area (Å²) in [5.74, 6) is -1.78. The van der Waals surface area contributed by atoms with E-state index in [2.05, 4.69) is 5.32 Å². The van der Waals surface area contributed by atoms with E-state index >= 15 is 0 Å². The Morgan fingerprint density at radius 3 is 2.55 bits per heavy atom. The standard InChI is InChI=1S/C15H13F2NO2/c16-11-5-3-4-10(8-11)14(9-19)18-15(20)12-6-1-2-7-13(12)17/h1-8,14,19H,9H2,(H,18,20). The highest BCUT2D eigenvalue weighted by molar-refractivity contribution is 5.94. The Balaban J connectivity index is 2.19. The Kier molecular flexibility index (Phi) is 4.42. The van der Waals surface area contributed by atoms with Gasteiger partial charge >= 0.3 is 0 Å². The highest BCUT2D eigenvalue weighted by Gasteiger charge is 2.17. The minimum atomic E-state index is -0.794. The van der Waals surface area contributed by atoms with Crippen LogP contribution in [0.15, 0.2) is 48.5 Å². The summed E-state index contributed by atoms with van der Waals surface area (Å²) in [6.07, 6.45) is 0. The average Bonchev–Trinajstić information content (AvgIpc) is 2.45. The molecular formula is C15H13F2NO2. The molecule has 2 aromatic carbocycles. The van der Waals surface area contributed by atoms with Crippen molar-refractivity contribution in [3.63, 3.8) is 0 Å². The molecular weight excluding hydrogens is 264 g/mol. The molecule has 0 saturated heterocycles. The van der Waals surface area contributed by atoms with Crippen molar-refractivity contribution >= 4 is 5.91 Å². The molecule has 2 rings (SSSR count). The molecule has 2 N–H and O–H groups in total. The summed E-state index contributed by atoms with van der Waals surface area (Å²) in [4.78, 5) is 11.9. The molecule has 1 amide bonds. The van der Waals surface area contributed by atoms with Crippen LogP contribution in [0.2, 0.25) is 0 Å². The molecule has 1 atom stereocenters. The zero-order valence-corrected chi connectivity index (χ0v) is 10.5. The van der Waals surface area contributed by atoms with Crippen LogP contribution in [0.1, 0.15) is 22.0 Å². The van der Waals surface area contributed by atoms with Gasteiger partial charge in [-0.05, 0) is 29.8 Å². The fourth-order valence-electron chi connectivity index (χ4n) is 1.84. The van der Waals surface area contributed by atoms with Gasteiger partial charge in [-0.2, -0.15) is 0 Å². The van der Waals surface area contributed by atoms with Crippen molar-refractivity contribution in [1.29, 1.82) is 0 Å². The molecule has 0 spiro atoms. The van der Waals surface area contributed by atoms with Crippen molar-refractivity contribution in [2.75, 3.05) is 6.61 Å². The van der Waals surface area contributed by atoms with Gasteiger partial charge in [0.15, 0.2) is 0 Å². The Bertz CT molecular complexity index is 616. The van der Waals surface area contributed by atoms with Gasteiger partial charge in [-0.1, -0.05) is 24.3 Å². The van der Waals surface area contributed by atoms with Crippen molar-refractivity contribution in [2.24, 2.45) is 0 Å². The van der Waals surface area contributed by atoms with E-state index < -0.39 is 30.2 Å². The lowest BCUT2D eigenvalue weighted by Gasteiger charge is -2.17. The number of halogens is 2. The maximum Gasteiger partial charge on any atom is 0.254 e. The molecule has 3 nitrogen and oxygen atoms in total. The summed E-state index contributed by atoms with van der Waals surface area (Å²) in [7, 11) is 0. The monoisotopic (exact) mass is 277 g/mol. The third kappa shape index (κ3) is 3.19. The number of amides is 1. The summed E-state index contributed by atoms with van der Waals surface area (Å²) < 4.78 is 26.6. The van der Waals surface area contributed by atoms with E-state index in [4.69, 9.17) is 0 Å². The number of aliphatic hydroxyl groups is 1. The van der Waals surface area contributed by atoms with E-state index in [0.29, 0.717) is 5.56 Å². The fourth-order valence-corrected chi connectivity index (χ4v) is 1.84. The van der Waals surface area contributed by atoms with Gasteiger partial charge in [-0.25, -0.2) is 8.78 Å². The van der Waals surface area contributed by atoms with Gasteiger partial charge in [0.1, 0.15) is 11.6 Å².